The van der Waals surface area contributed by atoms with Crippen molar-refractivity contribution >= 4 is 17.3 Å². The Kier molecular flexibility index (Phi) is 5.59. The van der Waals surface area contributed by atoms with E-state index >= 15 is 0 Å². The predicted octanol–water partition coefficient (Wildman–Crippen LogP) is 3.50. The summed E-state index contributed by atoms with van der Waals surface area (Å²) in [5.74, 6) is 2.02. The SMILES string of the molecule is COc1cc(Cl)c(NC(C)C2CCN(C)CC2)cc1OC. The van der Waals surface area contributed by atoms with Crippen molar-refractivity contribution in [2.75, 3.05) is 39.7 Å². The molecule has 0 saturated carbocycles. The maximum Gasteiger partial charge on any atom is 0.162 e. The Labute approximate surface area is 132 Å². The van der Waals surface area contributed by atoms with Crippen LogP contribution in [0, 0.1) is 5.92 Å². The first-order valence-electron chi connectivity index (χ1n) is 7.41. The van der Waals surface area contributed by atoms with Crippen LogP contribution in [0.4, 0.5) is 5.69 Å². The summed E-state index contributed by atoms with van der Waals surface area (Å²) >= 11 is 6.34. The summed E-state index contributed by atoms with van der Waals surface area (Å²) in [5.41, 5.74) is 0.903. The highest BCUT2D eigenvalue weighted by atomic mass is 35.5. The molecule has 4 nitrogen and oxygen atoms in total. The van der Waals surface area contributed by atoms with Crippen LogP contribution < -0.4 is 14.8 Å². The highest BCUT2D eigenvalue weighted by Crippen LogP contribution is 2.37. The van der Waals surface area contributed by atoms with Crippen molar-refractivity contribution in [2.24, 2.45) is 5.92 Å². The van der Waals surface area contributed by atoms with Crippen LogP contribution in [0.15, 0.2) is 12.1 Å². The Balaban J connectivity index is 2.08. The number of hydrogen-bond donors (Lipinski definition) is 1. The molecule has 0 spiro atoms. The van der Waals surface area contributed by atoms with Gasteiger partial charge in [-0.25, -0.2) is 0 Å². The lowest BCUT2D eigenvalue weighted by Crippen LogP contribution is -2.37. The van der Waals surface area contributed by atoms with Crippen molar-refractivity contribution in [3.63, 3.8) is 0 Å². The maximum atomic E-state index is 6.34. The number of benzene rings is 1. The second-order valence-corrected chi connectivity index (χ2v) is 6.17. The average Bonchev–Trinajstić information content (AvgIpc) is 2.49. The fourth-order valence-electron chi connectivity index (χ4n) is 2.86. The van der Waals surface area contributed by atoms with E-state index in [0.717, 1.165) is 18.8 Å². The number of piperidine rings is 1. The fraction of sp³-hybridized carbons (Fsp3) is 0.625. The minimum atomic E-state index is 0.384. The van der Waals surface area contributed by atoms with Crippen molar-refractivity contribution in [1.29, 1.82) is 0 Å². The maximum absolute atomic E-state index is 6.34. The zero-order valence-corrected chi connectivity index (χ0v) is 14.0. The van der Waals surface area contributed by atoms with Crippen molar-refractivity contribution in [3.05, 3.63) is 17.2 Å². The number of likely N-dealkylation sites (tertiary alicyclic amines) is 1. The number of ether oxygens (including phenoxy) is 2. The molecular formula is C16H25ClN2O2. The molecule has 1 unspecified atom stereocenters. The number of nitrogens with zero attached hydrogens (tertiary/aromatic N) is 1. The van der Waals surface area contributed by atoms with Crippen molar-refractivity contribution in [1.82, 2.24) is 4.90 Å². The Hall–Kier alpha value is -1.13. The summed E-state index contributed by atoms with van der Waals surface area (Å²) in [5, 5.41) is 4.19. The number of methoxy groups -OCH3 is 2. The van der Waals surface area contributed by atoms with Gasteiger partial charge in [-0.15, -0.1) is 0 Å². The van der Waals surface area contributed by atoms with Gasteiger partial charge in [-0.3, -0.25) is 0 Å². The fourth-order valence-corrected chi connectivity index (χ4v) is 3.06. The summed E-state index contributed by atoms with van der Waals surface area (Å²) in [6.45, 7) is 4.55. The van der Waals surface area contributed by atoms with Crippen LogP contribution in [0.3, 0.4) is 0 Å². The molecule has 118 valence electrons. The molecule has 2 rings (SSSR count). The molecule has 0 aromatic heterocycles. The molecule has 1 aromatic carbocycles. The minimum Gasteiger partial charge on any atom is -0.493 e. The smallest absolute Gasteiger partial charge is 0.162 e. The second-order valence-electron chi connectivity index (χ2n) is 5.76. The Morgan fingerprint density at radius 2 is 1.76 bits per heavy atom. The molecule has 1 aliphatic heterocycles. The third kappa shape index (κ3) is 3.95. The molecule has 1 atom stereocenters. The van der Waals surface area contributed by atoms with Crippen LogP contribution in [-0.2, 0) is 0 Å². The molecule has 1 N–H and O–H groups in total. The molecule has 1 fully saturated rings. The molecule has 5 heteroatoms. The standard InChI is InChI=1S/C16H25ClN2O2/c1-11(12-5-7-19(2)8-6-12)18-14-10-16(21-4)15(20-3)9-13(14)17/h9-12,18H,5-8H2,1-4H3. The first-order valence-corrected chi connectivity index (χ1v) is 7.79. The van der Waals surface area contributed by atoms with Crippen molar-refractivity contribution < 1.29 is 9.47 Å². The second kappa shape index (κ2) is 7.23. The predicted molar refractivity (Wildman–Crippen MR) is 87.9 cm³/mol. The van der Waals surface area contributed by atoms with Gasteiger partial charge in [-0.2, -0.15) is 0 Å². The topological polar surface area (TPSA) is 33.7 Å². The van der Waals surface area contributed by atoms with Crippen LogP contribution in [0.1, 0.15) is 19.8 Å². The van der Waals surface area contributed by atoms with E-state index < -0.39 is 0 Å². The largest absolute Gasteiger partial charge is 0.493 e. The molecular weight excluding hydrogens is 288 g/mol. The van der Waals surface area contributed by atoms with Crippen LogP contribution in [0.25, 0.3) is 0 Å². The Morgan fingerprint density at radius 3 is 2.33 bits per heavy atom. The van der Waals surface area contributed by atoms with Gasteiger partial charge >= 0.3 is 0 Å². The van der Waals surface area contributed by atoms with E-state index in [2.05, 4.69) is 24.2 Å². The number of halogens is 1. The third-order valence-electron chi connectivity index (χ3n) is 4.33. The summed E-state index contributed by atoms with van der Waals surface area (Å²) in [6, 6.07) is 4.09. The molecule has 0 aliphatic carbocycles. The summed E-state index contributed by atoms with van der Waals surface area (Å²) in [6.07, 6.45) is 2.44. The zero-order chi connectivity index (χ0) is 15.4. The first kappa shape index (κ1) is 16.2. The lowest BCUT2D eigenvalue weighted by Gasteiger charge is -2.33. The van der Waals surface area contributed by atoms with Crippen LogP contribution in [-0.4, -0.2) is 45.3 Å². The number of nitrogens with one attached hydrogen (secondary N) is 1. The van der Waals surface area contributed by atoms with E-state index in [9.17, 15) is 0 Å². The lowest BCUT2D eigenvalue weighted by atomic mass is 9.90. The van der Waals surface area contributed by atoms with Gasteiger partial charge in [-0.05, 0) is 45.8 Å². The zero-order valence-electron chi connectivity index (χ0n) is 13.3. The van der Waals surface area contributed by atoms with Gasteiger partial charge in [0, 0.05) is 18.2 Å². The molecule has 21 heavy (non-hydrogen) atoms. The van der Waals surface area contributed by atoms with E-state index in [4.69, 9.17) is 21.1 Å². The van der Waals surface area contributed by atoms with E-state index in [-0.39, 0.29) is 0 Å². The summed E-state index contributed by atoms with van der Waals surface area (Å²) < 4.78 is 10.6. The first-order chi connectivity index (χ1) is 10.0. The molecule has 1 saturated heterocycles. The summed E-state index contributed by atoms with van der Waals surface area (Å²) in [7, 11) is 5.43. The summed E-state index contributed by atoms with van der Waals surface area (Å²) in [4.78, 5) is 2.38. The van der Waals surface area contributed by atoms with Gasteiger partial charge in [-0.1, -0.05) is 11.6 Å². The highest BCUT2D eigenvalue weighted by molar-refractivity contribution is 6.33. The monoisotopic (exact) mass is 312 g/mol. The van der Waals surface area contributed by atoms with Gasteiger partial charge in [0.2, 0.25) is 0 Å². The van der Waals surface area contributed by atoms with Crippen LogP contribution >= 0.6 is 11.6 Å². The Morgan fingerprint density at radius 1 is 1.19 bits per heavy atom. The van der Waals surface area contributed by atoms with E-state index in [0.29, 0.717) is 28.5 Å². The minimum absolute atomic E-state index is 0.384. The molecule has 0 radical (unpaired) electrons. The van der Waals surface area contributed by atoms with Crippen molar-refractivity contribution in [2.45, 2.75) is 25.8 Å². The number of rotatable bonds is 5. The quantitative estimate of drug-likeness (QED) is 0.902. The molecule has 0 amide bonds. The molecule has 1 aliphatic rings. The normalized spacial score (nSPS) is 18.3. The van der Waals surface area contributed by atoms with Gasteiger partial charge < -0.3 is 19.7 Å². The van der Waals surface area contributed by atoms with Gasteiger partial charge in [0.25, 0.3) is 0 Å². The van der Waals surface area contributed by atoms with E-state index in [1.807, 2.05) is 6.07 Å². The lowest BCUT2D eigenvalue weighted by molar-refractivity contribution is 0.208. The molecule has 1 heterocycles. The van der Waals surface area contributed by atoms with Crippen LogP contribution in [0.2, 0.25) is 5.02 Å². The highest BCUT2D eigenvalue weighted by Gasteiger charge is 2.23. The molecule has 0 bridgehead atoms. The number of anilines is 1. The van der Waals surface area contributed by atoms with Gasteiger partial charge in [0.1, 0.15) is 0 Å². The molecule has 1 aromatic rings. The van der Waals surface area contributed by atoms with Gasteiger partial charge in [0.05, 0.1) is 24.9 Å². The number of hydrogen-bond acceptors (Lipinski definition) is 4. The average molecular weight is 313 g/mol. The Bertz CT molecular complexity index is 474. The van der Waals surface area contributed by atoms with Crippen LogP contribution in [0.5, 0.6) is 11.5 Å². The van der Waals surface area contributed by atoms with E-state index in [1.54, 1.807) is 20.3 Å². The third-order valence-corrected chi connectivity index (χ3v) is 4.64. The van der Waals surface area contributed by atoms with Gasteiger partial charge in [0.15, 0.2) is 11.5 Å². The van der Waals surface area contributed by atoms with E-state index in [1.165, 1.54) is 12.8 Å². The van der Waals surface area contributed by atoms with Crippen molar-refractivity contribution in [3.8, 4) is 11.5 Å².